The minimum atomic E-state index is 0. The maximum atomic E-state index is 4.42. The third-order valence-electron chi connectivity index (χ3n) is 6.44. The summed E-state index contributed by atoms with van der Waals surface area (Å²) in [6.45, 7) is 3.32. The quantitative estimate of drug-likeness (QED) is 0.262. The van der Waals surface area contributed by atoms with Gasteiger partial charge in [0.1, 0.15) is 5.82 Å². The summed E-state index contributed by atoms with van der Waals surface area (Å²) in [5.74, 6) is 1.94. The van der Waals surface area contributed by atoms with Crippen LogP contribution in [0.1, 0.15) is 57.2 Å². The molecule has 1 saturated carbocycles. The molecular weight excluding hydrogens is 489 g/mol. The Balaban J connectivity index is 0.00000256. The number of guanidine groups is 1. The van der Waals surface area contributed by atoms with Gasteiger partial charge in [0.15, 0.2) is 11.6 Å². The third kappa shape index (κ3) is 6.06. The van der Waals surface area contributed by atoms with E-state index in [0.717, 1.165) is 42.9 Å². The van der Waals surface area contributed by atoms with E-state index in [1.54, 1.807) is 0 Å². The number of rotatable bonds is 6. The summed E-state index contributed by atoms with van der Waals surface area (Å²) in [7, 11) is 1.86. The largest absolute Gasteiger partial charge is 0.356 e. The Hall–Kier alpha value is -1.42. The molecule has 166 valence electrons. The van der Waals surface area contributed by atoms with Gasteiger partial charge in [-0.25, -0.2) is 0 Å². The molecule has 2 aromatic heterocycles. The number of hydrogen-bond acceptors (Lipinski definition) is 4. The van der Waals surface area contributed by atoms with E-state index in [1.807, 2.05) is 31.4 Å². The van der Waals surface area contributed by atoms with E-state index in [4.69, 9.17) is 0 Å². The Morgan fingerprint density at radius 2 is 1.90 bits per heavy atom. The summed E-state index contributed by atoms with van der Waals surface area (Å²) in [6, 6.07) is 7.37. The van der Waals surface area contributed by atoms with Gasteiger partial charge < -0.3 is 15.5 Å². The topological polar surface area (TPSA) is 69.8 Å². The number of likely N-dealkylation sites (tertiary alicyclic amines) is 1. The molecule has 2 fully saturated rings. The van der Waals surface area contributed by atoms with Crippen LogP contribution in [0.3, 0.4) is 0 Å². The predicted molar refractivity (Wildman–Crippen MR) is 133 cm³/mol. The number of nitrogens with one attached hydrogen (secondary N) is 2. The normalized spacial score (nSPS) is 19.6. The number of aryl methyl sites for hydroxylation is 1. The zero-order chi connectivity index (χ0) is 19.9. The van der Waals surface area contributed by atoms with Crippen LogP contribution < -0.4 is 10.6 Å². The Bertz CT molecular complexity index is 792. The Morgan fingerprint density at radius 3 is 2.67 bits per heavy atom. The van der Waals surface area contributed by atoms with Crippen molar-refractivity contribution >= 4 is 35.6 Å². The highest BCUT2D eigenvalue weighted by molar-refractivity contribution is 14.0. The van der Waals surface area contributed by atoms with E-state index >= 15 is 0 Å². The molecule has 8 heteroatoms. The first-order chi connectivity index (χ1) is 14.3. The number of halogens is 1. The van der Waals surface area contributed by atoms with Crippen molar-refractivity contribution in [2.24, 2.45) is 4.99 Å². The fraction of sp³-hybridized carbons (Fsp3) is 0.682. The maximum absolute atomic E-state index is 4.42. The van der Waals surface area contributed by atoms with Crippen molar-refractivity contribution in [3.63, 3.8) is 0 Å². The molecule has 2 aromatic rings. The second-order valence-electron chi connectivity index (χ2n) is 8.39. The fourth-order valence-electron chi connectivity index (χ4n) is 4.76. The molecular formula is C22H36IN7. The molecule has 7 nitrogen and oxygen atoms in total. The highest BCUT2D eigenvalue weighted by Gasteiger charge is 2.26. The lowest BCUT2D eigenvalue weighted by Crippen LogP contribution is -2.51. The van der Waals surface area contributed by atoms with E-state index in [0.29, 0.717) is 6.04 Å². The van der Waals surface area contributed by atoms with E-state index in [9.17, 15) is 0 Å². The predicted octanol–water partition coefficient (Wildman–Crippen LogP) is 3.24. The van der Waals surface area contributed by atoms with Crippen molar-refractivity contribution in [1.29, 1.82) is 0 Å². The minimum Gasteiger partial charge on any atom is -0.356 e. The van der Waals surface area contributed by atoms with Gasteiger partial charge in [0.25, 0.3) is 0 Å². The first-order valence-electron chi connectivity index (χ1n) is 11.3. The monoisotopic (exact) mass is 525 g/mol. The Labute approximate surface area is 197 Å². The number of nitrogens with zero attached hydrogens (tertiary/aromatic N) is 5. The van der Waals surface area contributed by atoms with Gasteiger partial charge in [-0.05, 0) is 44.2 Å². The van der Waals surface area contributed by atoms with Gasteiger partial charge in [0.05, 0.1) is 0 Å². The van der Waals surface area contributed by atoms with Gasteiger partial charge in [-0.15, -0.1) is 34.2 Å². The van der Waals surface area contributed by atoms with Crippen LogP contribution in [0.5, 0.6) is 0 Å². The molecule has 0 aromatic carbocycles. The van der Waals surface area contributed by atoms with Crippen LogP contribution in [0.25, 0.3) is 5.65 Å². The van der Waals surface area contributed by atoms with Gasteiger partial charge >= 0.3 is 0 Å². The van der Waals surface area contributed by atoms with Crippen LogP contribution in [0, 0.1) is 0 Å². The zero-order valence-electron chi connectivity index (χ0n) is 18.1. The maximum Gasteiger partial charge on any atom is 0.191 e. The molecule has 0 radical (unpaired) electrons. The van der Waals surface area contributed by atoms with Crippen molar-refractivity contribution < 1.29 is 0 Å². The Morgan fingerprint density at radius 1 is 1.10 bits per heavy atom. The van der Waals surface area contributed by atoms with Crippen molar-refractivity contribution in [1.82, 2.24) is 30.1 Å². The highest BCUT2D eigenvalue weighted by atomic mass is 127. The smallest absolute Gasteiger partial charge is 0.191 e. The van der Waals surface area contributed by atoms with Crippen LogP contribution in [-0.2, 0) is 6.42 Å². The molecule has 2 N–H and O–H groups in total. The number of aromatic nitrogens is 3. The van der Waals surface area contributed by atoms with Crippen LogP contribution in [0.2, 0.25) is 0 Å². The molecule has 1 aliphatic heterocycles. The van der Waals surface area contributed by atoms with Crippen molar-refractivity contribution in [3.8, 4) is 0 Å². The van der Waals surface area contributed by atoms with E-state index < -0.39 is 0 Å². The molecule has 1 aliphatic carbocycles. The summed E-state index contributed by atoms with van der Waals surface area (Å²) in [4.78, 5) is 7.16. The molecule has 1 saturated heterocycles. The number of aliphatic imine (C=N–C) groups is 1. The van der Waals surface area contributed by atoms with E-state index in [1.165, 1.54) is 58.0 Å². The molecule has 3 heterocycles. The van der Waals surface area contributed by atoms with Gasteiger partial charge in [-0.2, -0.15) is 0 Å². The molecule has 2 aliphatic rings. The first kappa shape index (κ1) is 23.2. The second-order valence-corrected chi connectivity index (χ2v) is 8.39. The molecule has 4 rings (SSSR count). The zero-order valence-corrected chi connectivity index (χ0v) is 20.4. The molecule has 0 unspecified atom stereocenters. The summed E-state index contributed by atoms with van der Waals surface area (Å²) >= 11 is 0. The fourth-order valence-corrected chi connectivity index (χ4v) is 4.76. The van der Waals surface area contributed by atoms with E-state index in [2.05, 4.69) is 35.1 Å². The van der Waals surface area contributed by atoms with Gasteiger partial charge in [0.2, 0.25) is 0 Å². The first-order valence-corrected chi connectivity index (χ1v) is 11.3. The highest BCUT2D eigenvalue weighted by Crippen LogP contribution is 2.25. The van der Waals surface area contributed by atoms with Crippen LogP contribution in [-0.4, -0.2) is 64.2 Å². The van der Waals surface area contributed by atoms with Gasteiger partial charge in [-0.3, -0.25) is 9.39 Å². The standard InChI is InChI=1S/C22H35N7.HI/c1-23-22(24-14-7-11-21-27-26-20-10-5-6-15-29(20)21)25-18-12-16-28(17-13-18)19-8-3-2-4-9-19;/h5-6,10,15,18-19H,2-4,7-9,11-14,16-17H2,1H3,(H2,23,24,25);1H. The lowest BCUT2D eigenvalue weighted by atomic mass is 9.92. The number of hydrogen-bond donors (Lipinski definition) is 2. The van der Waals surface area contributed by atoms with Crippen molar-refractivity contribution in [2.45, 2.75) is 69.9 Å². The summed E-state index contributed by atoms with van der Waals surface area (Å²) < 4.78 is 2.06. The average Bonchev–Trinajstić information content (AvgIpc) is 3.20. The van der Waals surface area contributed by atoms with Gasteiger partial charge in [0, 0.05) is 51.4 Å². The number of pyridine rings is 1. The minimum absolute atomic E-state index is 0. The van der Waals surface area contributed by atoms with Crippen LogP contribution in [0.4, 0.5) is 0 Å². The third-order valence-corrected chi connectivity index (χ3v) is 6.44. The Kier molecular flexibility index (Phi) is 9.17. The number of fused-ring (bicyclic) bond motifs is 1. The van der Waals surface area contributed by atoms with Crippen LogP contribution in [0.15, 0.2) is 29.4 Å². The van der Waals surface area contributed by atoms with Crippen molar-refractivity contribution in [3.05, 3.63) is 30.2 Å². The van der Waals surface area contributed by atoms with Crippen molar-refractivity contribution in [2.75, 3.05) is 26.7 Å². The molecule has 0 amide bonds. The molecule has 0 spiro atoms. The second kappa shape index (κ2) is 11.8. The summed E-state index contributed by atoms with van der Waals surface area (Å²) in [5, 5.41) is 15.6. The van der Waals surface area contributed by atoms with Crippen LogP contribution >= 0.6 is 24.0 Å². The lowest BCUT2D eigenvalue weighted by molar-refractivity contribution is 0.119. The number of piperidine rings is 1. The molecule has 0 bridgehead atoms. The molecule has 0 atom stereocenters. The average molecular weight is 525 g/mol. The summed E-state index contributed by atoms with van der Waals surface area (Å²) in [6.07, 6.45) is 13.4. The summed E-state index contributed by atoms with van der Waals surface area (Å²) in [5.41, 5.74) is 0.910. The van der Waals surface area contributed by atoms with E-state index in [-0.39, 0.29) is 24.0 Å². The molecule has 30 heavy (non-hydrogen) atoms. The van der Waals surface area contributed by atoms with Gasteiger partial charge in [-0.1, -0.05) is 25.3 Å². The lowest BCUT2D eigenvalue weighted by Gasteiger charge is -2.39. The SMILES string of the molecule is CN=C(NCCCc1nnc2ccccn12)NC1CCN(C2CCCCC2)CC1.I.